The summed E-state index contributed by atoms with van der Waals surface area (Å²) in [4.78, 5) is 14.7. The van der Waals surface area contributed by atoms with E-state index in [1.165, 1.54) is 12.3 Å². The molecule has 0 aliphatic heterocycles. The number of carbonyl (C=O) groups excluding carboxylic acids is 1. The van der Waals surface area contributed by atoms with Crippen LogP contribution >= 0.6 is 0 Å². The molecule has 1 atom stereocenters. The molecule has 1 aromatic heterocycles. The van der Waals surface area contributed by atoms with Crippen molar-refractivity contribution in [2.45, 2.75) is 13.3 Å². The molecular weight excluding hydrogens is 185 g/mol. The molecule has 0 bridgehead atoms. The quantitative estimate of drug-likeness (QED) is 0.418. The Morgan fingerprint density at radius 2 is 2.43 bits per heavy atom. The normalized spacial score (nSPS) is 12.2. The Balaban J connectivity index is 2.64. The molecule has 0 fully saturated rings. The second-order valence-electron chi connectivity index (χ2n) is 3.13. The van der Waals surface area contributed by atoms with Gasteiger partial charge in [0.2, 0.25) is 5.91 Å². The molecule has 3 N–H and O–H groups in total. The lowest BCUT2D eigenvalue weighted by Crippen LogP contribution is -2.35. The van der Waals surface area contributed by atoms with Crippen LogP contribution in [0.5, 0.6) is 0 Å². The Kier molecular flexibility index (Phi) is 3.53. The van der Waals surface area contributed by atoms with Crippen molar-refractivity contribution in [1.29, 1.82) is 0 Å². The smallest absolute Gasteiger partial charge is 0.237 e. The number of hydrogen-bond donors (Lipinski definition) is 2. The van der Waals surface area contributed by atoms with Crippen LogP contribution in [-0.2, 0) is 11.2 Å². The van der Waals surface area contributed by atoms with Crippen molar-refractivity contribution in [3.05, 3.63) is 29.8 Å². The van der Waals surface area contributed by atoms with Crippen LogP contribution < -0.4 is 11.3 Å². The minimum atomic E-state index is -0.400. The van der Waals surface area contributed by atoms with Gasteiger partial charge in [-0.1, -0.05) is 6.92 Å². The number of nitrogens with two attached hydrogens (primary N) is 1. The molecule has 1 rings (SSSR count). The fourth-order valence-electron chi connectivity index (χ4n) is 1.16. The van der Waals surface area contributed by atoms with Crippen molar-refractivity contribution in [2.24, 2.45) is 11.8 Å². The van der Waals surface area contributed by atoms with Crippen LogP contribution in [0.3, 0.4) is 0 Å². The molecule has 4 nitrogen and oxygen atoms in total. The molecule has 0 aromatic carbocycles. The third-order valence-electron chi connectivity index (χ3n) is 1.89. The van der Waals surface area contributed by atoms with E-state index in [-0.39, 0.29) is 11.8 Å². The molecule has 0 radical (unpaired) electrons. The van der Waals surface area contributed by atoms with Gasteiger partial charge in [-0.25, -0.2) is 10.2 Å². The fourth-order valence-corrected chi connectivity index (χ4v) is 1.16. The van der Waals surface area contributed by atoms with Gasteiger partial charge in [0.05, 0.1) is 6.20 Å². The zero-order chi connectivity index (χ0) is 10.6. The zero-order valence-electron chi connectivity index (χ0n) is 7.83. The van der Waals surface area contributed by atoms with Crippen LogP contribution in [0.4, 0.5) is 4.39 Å². The summed E-state index contributed by atoms with van der Waals surface area (Å²) in [7, 11) is 0. The minimum Gasteiger partial charge on any atom is -0.294 e. The molecule has 0 saturated carbocycles. The van der Waals surface area contributed by atoms with Gasteiger partial charge in [0.15, 0.2) is 0 Å². The van der Waals surface area contributed by atoms with Crippen LogP contribution in [0, 0.1) is 11.7 Å². The van der Waals surface area contributed by atoms with Gasteiger partial charge in [0.1, 0.15) is 5.82 Å². The van der Waals surface area contributed by atoms with Crippen molar-refractivity contribution in [3.8, 4) is 0 Å². The summed E-state index contributed by atoms with van der Waals surface area (Å²) in [6.45, 7) is 1.72. The van der Waals surface area contributed by atoms with Gasteiger partial charge in [0, 0.05) is 12.1 Å². The van der Waals surface area contributed by atoms with Crippen molar-refractivity contribution < 1.29 is 9.18 Å². The first kappa shape index (κ1) is 10.6. The SMILES string of the molecule is CC(Cc1cncc(F)c1)C(=O)NN. The first-order valence-electron chi connectivity index (χ1n) is 4.23. The number of amides is 1. The molecule has 5 heteroatoms. The molecule has 0 aliphatic rings. The van der Waals surface area contributed by atoms with E-state index in [9.17, 15) is 9.18 Å². The average Bonchev–Trinajstić information content (AvgIpc) is 2.16. The summed E-state index contributed by atoms with van der Waals surface area (Å²) in [6, 6.07) is 1.35. The highest BCUT2D eigenvalue weighted by molar-refractivity contribution is 5.77. The minimum absolute atomic E-state index is 0.269. The number of rotatable bonds is 3. The van der Waals surface area contributed by atoms with Gasteiger partial charge in [0.25, 0.3) is 0 Å². The lowest BCUT2D eigenvalue weighted by atomic mass is 10.0. The molecule has 1 amide bonds. The third-order valence-corrected chi connectivity index (χ3v) is 1.89. The molecule has 14 heavy (non-hydrogen) atoms. The van der Waals surface area contributed by atoms with Crippen LogP contribution in [0.15, 0.2) is 18.5 Å². The third kappa shape index (κ3) is 2.77. The molecule has 1 unspecified atom stereocenters. The van der Waals surface area contributed by atoms with E-state index >= 15 is 0 Å². The Morgan fingerprint density at radius 1 is 1.71 bits per heavy atom. The highest BCUT2D eigenvalue weighted by atomic mass is 19.1. The van der Waals surface area contributed by atoms with Crippen molar-refractivity contribution in [2.75, 3.05) is 0 Å². The summed E-state index contributed by atoms with van der Waals surface area (Å²) in [5.41, 5.74) is 2.73. The van der Waals surface area contributed by atoms with Crippen molar-refractivity contribution >= 4 is 5.91 Å². The van der Waals surface area contributed by atoms with Gasteiger partial charge in [-0.05, 0) is 18.1 Å². The number of pyridine rings is 1. The molecule has 0 spiro atoms. The number of aromatic nitrogens is 1. The van der Waals surface area contributed by atoms with Crippen LogP contribution in [0.1, 0.15) is 12.5 Å². The van der Waals surface area contributed by atoms with Gasteiger partial charge in [-0.15, -0.1) is 0 Å². The molecule has 1 heterocycles. The predicted octanol–water partition coefficient (Wildman–Crippen LogP) is 0.389. The monoisotopic (exact) mass is 197 g/mol. The maximum absolute atomic E-state index is 12.7. The number of nitrogens with zero attached hydrogens (tertiary/aromatic N) is 1. The molecule has 0 aliphatic carbocycles. The van der Waals surface area contributed by atoms with E-state index in [2.05, 4.69) is 4.98 Å². The first-order valence-corrected chi connectivity index (χ1v) is 4.23. The van der Waals surface area contributed by atoms with E-state index in [0.717, 1.165) is 6.20 Å². The highest BCUT2D eigenvalue weighted by Gasteiger charge is 2.12. The Morgan fingerprint density at radius 3 is 3.00 bits per heavy atom. The Labute approximate surface area is 81.3 Å². The highest BCUT2D eigenvalue weighted by Crippen LogP contribution is 2.08. The lowest BCUT2D eigenvalue weighted by Gasteiger charge is -2.08. The summed E-state index contributed by atoms with van der Waals surface area (Å²) in [5.74, 6) is 4.01. The summed E-state index contributed by atoms with van der Waals surface area (Å²) < 4.78 is 12.7. The molecular formula is C9H12FN3O. The summed E-state index contributed by atoms with van der Waals surface area (Å²) in [5, 5.41) is 0. The van der Waals surface area contributed by atoms with E-state index < -0.39 is 5.82 Å². The second kappa shape index (κ2) is 4.66. The van der Waals surface area contributed by atoms with E-state index in [4.69, 9.17) is 5.84 Å². The van der Waals surface area contributed by atoms with E-state index in [0.29, 0.717) is 12.0 Å². The largest absolute Gasteiger partial charge is 0.294 e. The maximum Gasteiger partial charge on any atom is 0.237 e. The number of carbonyl (C=O) groups is 1. The van der Waals surface area contributed by atoms with Gasteiger partial charge in [-0.2, -0.15) is 0 Å². The lowest BCUT2D eigenvalue weighted by molar-refractivity contribution is -0.124. The van der Waals surface area contributed by atoms with Crippen molar-refractivity contribution in [3.63, 3.8) is 0 Å². The first-order chi connectivity index (χ1) is 6.63. The topological polar surface area (TPSA) is 68.0 Å². The van der Waals surface area contributed by atoms with Crippen molar-refractivity contribution in [1.82, 2.24) is 10.4 Å². The van der Waals surface area contributed by atoms with Crippen LogP contribution in [0.2, 0.25) is 0 Å². The number of hydrazine groups is 1. The van der Waals surface area contributed by atoms with Gasteiger partial charge >= 0.3 is 0 Å². The molecule has 76 valence electrons. The summed E-state index contributed by atoms with van der Waals surface area (Å²) in [6.07, 6.45) is 3.08. The van der Waals surface area contributed by atoms with Gasteiger partial charge in [-0.3, -0.25) is 15.2 Å². The second-order valence-corrected chi connectivity index (χ2v) is 3.13. The Hall–Kier alpha value is -1.49. The van der Waals surface area contributed by atoms with E-state index in [1.54, 1.807) is 6.92 Å². The van der Waals surface area contributed by atoms with Gasteiger partial charge < -0.3 is 0 Å². The van der Waals surface area contributed by atoms with Crippen LogP contribution in [-0.4, -0.2) is 10.9 Å². The fraction of sp³-hybridized carbons (Fsp3) is 0.333. The van der Waals surface area contributed by atoms with E-state index in [1.807, 2.05) is 5.43 Å². The standard InChI is InChI=1S/C9H12FN3O/c1-6(9(14)13-11)2-7-3-8(10)5-12-4-7/h3-6H,2,11H2,1H3,(H,13,14). The number of hydrogen-bond acceptors (Lipinski definition) is 3. The number of halogens is 1. The molecule has 1 aromatic rings. The summed E-state index contributed by atoms with van der Waals surface area (Å²) >= 11 is 0. The number of nitrogens with one attached hydrogen (secondary N) is 1. The average molecular weight is 197 g/mol. The Bertz CT molecular complexity index is 330. The maximum atomic E-state index is 12.7. The predicted molar refractivity (Wildman–Crippen MR) is 49.4 cm³/mol. The molecule has 0 saturated heterocycles. The zero-order valence-corrected chi connectivity index (χ0v) is 7.83. The van der Waals surface area contributed by atoms with Crippen LogP contribution in [0.25, 0.3) is 0 Å².